The van der Waals surface area contributed by atoms with E-state index < -0.39 is 67.4 Å². The van der Waals surface area contributed by atoms with Gasteiger partial charge in [-0.25, -0.2) is 0 Å². The first kappa shape index (κ1) is 70.4. The van der Waals surface area contributed by atoms with Gasteiger partial charge in [0, 0.05) is 6.42 Å². The maximum Gasteiger partial charge on any atom is 0.306 e. The number of ether oxygens (including phenoxy) is 3. The fraction of sp³-hybridized carbons (Fsp3) is 0.812. The second kappa shape index (κ2) is 52.1. The van der Waals surface area contributed by atoms with Crippen molar-refractivity contribution >= 4 is 11.9 Å². The van der Waals surface area contributed by atoms with Crippen LogP contribution in [0.3, 0.4) is 0 Å². The molecule has 6 N–H and O–H groups in total. The van der Waals surface area contributed by atoms with E-state index in [0.717, 1.165) is 77.0 Å². The molecule has 8 atom stereocenters. The third-order valence-electron chi connectivity index (χ3n) is 14.5. The highest BCUT2D eigenvalue weighted by Gasteiger charge is 2.47. The number of carbonyl (C=O) groups is 2. The summed E-state index contributed by atoms with van der Waals surface area (Å²) in [5.74, 6) is -1.21. The van der Waals surface area contributed by atoms with Crippen LogP contribution >= 0.6 is 0 Å². The molecule has 0 bridgehead atoms. The molecule has 0 spiro atoms. The van der Waals surface area contributed by atoms with E-state index in [0.29, 0.717) is 12.8 Å². The Morgan fingerprint density at radius 2 is 0.973 bits per heavy atom. The number of amides is 1. The number of rotatable bonds is 52. The average molecular weight is 1060 g/mol. The first-order chi connectivity index (χ1) is 36.7. The van der Waals surface area contributed by atoms with E-state index in [2.05, 4.69) is 56.5 Å². The van der Waals surface area contributed by atoms with Crippen LogP contribution in [0.2, 0.25) is 0 Å². The number of nitrogens with one attached hydrogen (secondary N) is 1. The van der Waals surface area contributed by atoms with E-state index in [4.69, 9.17) is 14.2 Å². The van der Waals surface area contributed by atoms with Gasteiger partial charge >= 0.3 is 5.97 Å². The van der Waals surface area contributed by atoms with Crippen LogP contribution in [-0.4, -0.2) is 99.6 Å². The number of aliphatic hydroxyl groups excluding tert-OH is 5. The first-order valence-electron chi connectivity index (χ1n) is 31.1. The van der Waals surface area contributed by atoms with Crippen molar-refractivity contribution in [3.05, 3.63) is 60.8 Å². The summed E-state index contributed by atoms with van der Waals surface area (Å²) in [4.78, 5) is 26.5. The van der Waals surface area contributed by atoms with E-state index >= 15 is 0 Å². The van der Waals surface area contributed by atoms with E-state index in [1.807, 2.05) is 24.3 Å². The summed E-state index contributed by atoms with van der Waals surface area (Å²) in [7, 11) is 0. The standard InChI is InChI=1S/C64H115NO10/c1-4-7-10-13-16-19-22-24-25-26-27-28-29-30-31-32-34-36-39-42-45-48-51-57(68)63(72)65-55(56(67)50-47-44-41-38-35-21-18-15-12-9-6-3)54-73-64-62(61(71)60(70)58(53-66)74-64)75-59(69)52-49-46-43-40-37-33-23-20-17-14-11-8-5-2/h8,11,14,17,20,23-25,47,50,55-58,60-62,64,66-68,70-71H,4-7,9-10,12-13,15-16,18-19,21-22,26-46,48-49,51-54H2,1-3H3,(H,65,72)/b11-8+,17-14+,23-20-,25-24+,50-47+. The molecule has 11 heteroatoms. The number of esters is 1. The Labute approximate surface area is 458 Å². The largest absolute Gasteiger partial charge is 0.454 e. The Balaban J connectivity index is 2.63. The second-order valence-corrected chi connectivity index (χ2v) is 21.5. The van der Waals surface area contributed by atoms with Crippen molar-refractivity contribution in [2.45, 2.75) is 320 Å². The first-order valence-corrected chi connectivity index (χ1v) is 31.1. The summed E-state index contributed by atoms with van der Waals surface area (Å²) in [5.41, 5.74) is 0. The molecule has 0 aliphatic carbocycles. The number of hydrogen-bond acceptors (Lipinski definition) is 10. The molecule has 0 aromatic heterocycles. The zero-order chi connectivity index (χ0) is 54.7. The lowest BCUT2D eigenvalue weighted by Crippen LogP contribution is -2.61. The Morgan fingerprint density at radius 3 is 1.47 bits per heavy atom. The predicted molar refractivity (Wildman–Crippen MR) is 310 cm³/mol. The number of hydrogen-bond donors (Lipinski definition) is 6. The van der Waals surface area contributed by atoms with Gasteiger partial charge < -0.3 is 45.1 Å². The second-order valence-electron chi connectivity index (χ2n) is 21.5. The number of allylic oxidation sites excluding steroid dienone is 9. The van der Waals surface area contributed by atoms with Crippen LogP contribution < -0.4 is 5.32 Å². The third kappa shape index (κ3) is 40.2. The molecular formula is C64H115NO10. The molecule has 1 rings (SSSR count). The lowest BCUT2D eigenvalue weighted by molar-refractivity contribution is -0.305. The van der Waals surface area contributed by atoms with Crippen molar-refractivity contribution in [3.63, 3.8) is 0 Å². The molecule has 1 aliphatic heterocycles. The van der Waals surface area contributed by atoms with Gasteiger partial charge in [-0.05, 0) is 70.6 Å². The van der Waals surface area contributed by atoms with Crippen LogP contribution in [0.1, 0.15) is 271 Å². The van der Waals surface area contributed by atoms with Crippen LogP contribution in [0.15, 0.2) is 60.8 Å². The van der Waals surface area contributed by atoms with Crippen LogP contribution in [0.4, 0.5) is 0 Å². The SMILES string of the molecule is CC/C=C/C=C/C=C\CCCCCCCC(=O)OC1C(OCC(NC(=O)C(O)CCCCCCCCCCCCCC/C=C/CCCCCCCC)C(O)/C=C/CCCCCCCCCCC)OC(CO)C(O)C1O. The van der Waals surface area contributed by atoms with E-state index in [-0.39, 0.29) is 19.4 Å². The van der Waals surface area contributed by atoms with Crippen molar-refractivity contribution in [3.8, 4) is 0 Å². The molecule has 1 aliphatic rings. The van der Waals surface area contributed by atoms with Gasteiger partial charge in [0.2, 0.25) is 5.91 Å². The molecule has 1 saturated heterocycles. The van der Waals surface area contributed by atoms with Crippen molar-refractivity contribution in [1.29, 1.82) is 0 Å². The molecular weight excluding hydrogens is 943 g/mol. The molecule has 436 valence electrons. The van der Waals surface area contributed by atoms with E-state index in [1.165, 1.54) is 148 Å². The topological polar surface area (TPSA) is 175 Å². The van der Waals surface area contributed by atoms with Crippen molar-refractivity contribution in [2.24, 2.45) is 0 Å². The highest BCUT2D eigenvalue weighted by molar-refractivity contribution is 5.80. The fourth-order valence-electron chi connectivity index (χ4n) is 9.53. The summed E-state index contributed by atoms with van der Waals surface area (Å²) in [6.07, 6.45) is 54.2. The predicted octanol–water partition coefficient (Wildman–Crippen LogP) is 14.6. The fourth-order valence-corrected chi connectivity index (χ4v) is 9.53. The lowest BCUT2D eigenvalue weighted by Gasteiger charge is -2.41. The van der Waals surface area contributed by atoms with Gasteiger partial charge in [0.15, 0.2) is 12.4 Å². The van der Waals surface area contributed by atoms with Gasteiger partial charge in [-0.3, -0.25) is 9.59 Å². The van der Waals surface area contributed by atoms with Crippen LogP contribution in [0, 0.1) is 0 Å². The summed E-state index contributed by atoms with van der Waals surface area (Å²) in [6, 6.07) is -1.03. The molecule has 11 nitrogen and oxygen atoms in total. The van der Waals surface area contributed by atoms with Crippen molar-refractivity contribution in [2.75, 3.05) is 13.2 Å². The maximum atomic E-state index is 13.4. The van der Waals surface area contributed by atoms with Crippen LogP contribution in [0.25, 0.3) is 0 Å². The minimum absolute atomic E-state index is 0.0998. The molecule has 1 fully saturated rings. The van der Waals surface area contributed by atoms with Gasteiger partial charge in [-0.15, -0.1) is 0 Å². The monoisotopic (exact) mass is 1060 g/mol. The van der Waals surface area contributed by atoms with Gasteiger partial charge in [0.25, 0.3) is 0 Å². The summed E-state index contributed by atoms with van der Waals surface area (Å²) in [5, 5.41) is 56.9. The smallest absolute Gasteiger partial charge is 0.306 e. The van der Waals surface area contributed by atoms with Crippen molar-refractivity contribution in [1.82, 2.24) is 5.32 Å². The Hall–Kier alpha value is -2.64. The molecule has 75 heavy (non-hydrogen) atoms. The summed E-state index contributed by atoms with van der Waals surface area (Å²) < 4.78 is 17.6. The van der Waals surface area contributed by atoms with Crippen LogP contribution in [0.5, 0.6) is 0 Å². The molecule has 1 amide bonds. The molecule has 0 aromatic rings. The number of aliphatic hydroxyl groups is 5. The summed E-state index contributed by atoms with van der Waals surface area (Å²) in [6.45, 7) is 5.64. The average Bonchev–Trinajstić information content (AvgIpc) is 3.41. The van der Waals surface area contributed by atoms with Gasteiger partial charge in [0.05, 0.1) is 25.4 Å². The molecule has 0 aromatic carbocycles. The number of unbranched alkanes of at least 4 members (excludes halogenated alkanes) is 32. The maximum absolute atomic E-state index is 13.4. The normalized spacial score (nSPS) is 19.6. The minimum Gasteiger partial charge on any atom is -0.454 e. The Kier molecular flexibility index (Phi) is 48.9. The quantitative estimate of drug-likeness (QED) is 0.0149. The highest BCUT2D eigenvalue weighted by Crippen LogP contribution is 2.26. The van der Waals surface area contributed by atoms with E-state index in [9.17, 15) is 35.1 Å². The zero-order valence-corrected chi connectivity index (χ0v) is 48.2. The number of carbonyl (C=O) groups excluding carboxylic acids is 2. The Bertz CT molecular complexity index is 1450. The zero-order valence-electron chi connectivity index (χ0n) is 48.2. The third-order valence-corrected chi connectivity index (χ3v) is 14.5. The van der Waals surface area contributed by atoms with Gasteiger partial charge in [0.1, 0.15) is 24.4 Å². The van der Waals surface area contributed by atoms with Gasteiger partial charge in [-0.2, -0.15) is 0 Å². The minimum atomic E-state index is -1.62. The lowest BCUT2D eigenvalue weighted by atomic mass is 9.99. The summed E-state index contributed by atoms with van der Waals surface area (Å²) >= 11 is 0. The molecule has 1 heterocycles. The molecule has 0 radical (unpaired) electrons. The Morgan fingerprint density at radius 1 is 0.533 bits per heavy atom. The molecule has 0 saturated carbocycles. The van der Waals surface area contributed by atoms with Crippen molar-refractivity contribution < 1.29 is 49.3 Å². The van der Waals surface area contributed by atoms with E-state index in [1.54, 1.807) is 6.08 Å². The van der Waals surface area contributed by atoms with Gasteiger partial charge in [-0.1, -0.05) is 255 Å². The van der Waals surface area contributed by atoms with Crippen LogP contribution in [-0.2, 0) is 23.8 Å². The highest BCUT2D eigenvalue weighted by atomic mass is 16.7. The molecule has 8 unspecified atom stereocenters.